The molecular formula is C15H26N4O2S2. The molecule has 0 radical (unpaired) electrons. The maximum absolute atomic E-state index is 11.5. The van der Waals surface area contributed by atoms with Crippen molar-refractivity contribution in [3.05, 3.63) is 22.4 Å². The molecular weight excluding hydrogens is 332 g/mol. The molecule has 2 rings (SSSR count). The Bertz CT molecular complexity index is 591. The molecule has 1 aromatic rings. The van der Waals surface area contributed by atoms with Gasteiger partial charge in [0.2, 0.25) is 10.0 Å². The van der Waals surface area contributed by atoms with Gasteiger partial charge in [0.25, 0.3) is 0 Å². The lowest BCUT2D eigenvalue weighted by Crippen LogP contribution is -2.44. The maximum atomic E-state index is 11.5. The molecule has 0 amide bonds. The molecule has 8 heteroatoms. The Hall–Kier alpha value is -1.12. The van der Waals surface area contributed by atoms with Crippen molar-refractivity contribution in [3.63, 3.8) is 0 Å². The Kier molecular flexibility index (Phi) is 6.86. The van der Waals surface area contributed by atoms with Crippen LogP contribution in [0.4, 0.5) is 0 Å². The van der Waals surface area contributed by atoms with Gasteiger partial charge in [-0.2, -0.15) is 0 Å². The lowest BCUT2D eigenvalue weighted by atomic mass is 9.98. The van der Waals surface area contributed by atoms with Crippen molar-refractivity contribution < 1.29 is 8.42 Å². The van der Waals surface area contributed by atoms with E-state index >= 15 is 0 Å². The minimum Gasteiger partial charge on any atom is -0.357 e. The molecule has 2 heterocycles. The maximum Gasteiger partial charge on any atom is 0.211 e. The van der Waals surface area contributed by atoms with Gasteiger partial charge in [-0.15, -0.1) is 11.3 Å². The third-order valence-corrected chi connectivity index (χ3v) is 6.08. The number of sulfonamides is 1. The highest BCUT2D eigenvalue weighted by Crippen LogP contribution is 2.18. The summed E-state index contributed by atoms with van der Waals surface area (Å²) in [4.78, 5) is 5.83. The quantitative estimate of drug-likeness (QED) is 0.597. The van der Waals surface area contributed by atoms with Crippen LogP contribution in [0, 0.1) is 5.92 Å². The number of nitrogens with one attached hydrogen (secondary N) is 2. The number of thiophene rings is 1. The van der Waals surface area contributed by atoms with Crippen LogP contribution in [-0.2, 0) is 16.6 Å². The molecule has 1 aliphatic rings. The van der Waals surface area contributed by atoms with Crippen LogP contribution in [0.5, 0.6) is 0 Å². The van der Waals surface area contributed by atoms with Gasteiger partial charge in [-0.1, -0.05) is 6.07 Å². The summed E-state index contributed by atoms with van der Waals surface area (Å²) in [6.07, 6.45) is 3.07. The highest BCUT2D eigenvalue weighted by Gasteiger charge is 2.24. The van der Waals surface area contributed by atoms with Gasteiger partial charge >= 0.3 is 0 Å². The van der Waals surface area contributed by atoms with E-state index in [-0.39, 0.29) is 0 Å². The van der Waals surface area contributed by atoms with Gasteiger partial charge < -0.3 is 10.6 Å². The minimum absolute atomic E-state index is 0.485. The number of aliphatic imine (C=N–C) groups is 1. The second kappa shape index (κ2) is 8.65. The Balaban J connectivity index is 1.79. The van der Waals surface area contributed by atoms with E-state index in [4.69, 9.17) is 0 Å². The van der Waals surface area contributed by atoms with Crippen molar-refractivity contribution in [1.82, 2.24) is 14.9 Å². The summed E-state index contributed by atoms with van der Waals surface area (Å²) < 4.78 is 24.6. The van der Waals surface area contributed by atoms with Gasteiger partial charge in [-0.3, -0.25) is 0 Å². The molecule has 1 aromatic heterocycles. The van der Waals surface area contributed by atoms with Gasteiger partial charge in [0.15, 0.2) is 5.96 Å². The average molecular weight is 359 g/mol. The third-order valence-electron chi connectivity index (χ3n) is 3.92. The Morgan fingerprint density at radius 2 is 2.13 bits per heavy atom. The van der Waals surface area contributed by atoms with Crippen LogP contribution in [0.15, 0.2) is 22.5 Å². The van der Waals surface area contributed by atoms with Gasteiger partial charge in [0.05, 0.1) is 12.8 Å². The van der Waals surface area contributed by atoms with E-state index < -0.39 is 10.0 Å². The molecule has 0 unspecified atom stereocenters. The van der Waals surface area contributed by atoms with Crippen LogP contribution in [0.25, 0.3) is 0 Å². The van der Waals surface area contributed by atoms with E-state index in [1.54, 1.807) is 15.6 Å². The van der Waals surface area contributed by atoms with Crippen LogP contribution >= 0.6 is 11.3 Å². The summed E-state index contributed by atoms with van der Waals surface area (Å²) in [7, 11) is -3.04. The largest absolute Gasteiger partial charge is 0.357 e. The van der Waals surface area contributed by atoms with Crippen molar-refractivity contribution in [2.45, 2.75) is 26.3 Å². The monoisotopic (exact) mass is 358 g/mol. The first-order valence-electron chi connectivity index (χ1n) is 7.98. The van der Waals surface area contributed by atoms with E-state index in [1.807, 2.05) is 13.0 Å². The minimum atomic E-state index is -3.04. The topological polar surface area (TPSA) is 73.8 Å². The van der Waals surface area contributed by atoms with E-state index in [0.717, 1.165) is 31.9 Å². The highest BCUT2D eigenvalue weighted by atomic mass is 32.2. The lowest BCUT2D eigenvalue weighted by Gasteiger charge is -2.30. The van der Waals surface area contributed by atoms with E-state index in [9.17, 15) is 8.42 Å². The Morgan fingerprint density at radius 1 is 1.39 bits per heavy atom. The molecule has 6 nitrogen and oxygen atoms in total. The first-order valence-corrected chi connectivity index (χ1v) is 10.7. The van der Waals surface area contributed by atoms with Gasteiger partial charge in [-0.25, -0.2) is 17.7 Å². The summed E-state index contributed by atoms with van der Waals surface area (Å²) in [5.41, 5.74) is 0. The first-order chi connectivity index (χ1) is 11.0. The fraction of sp³-hybridized carbons (Fsp3) is 0.667. The van der Waals surface area contributed by atoms with Gasteiger partial charge in [0.1, 0.15) is 0 Å². The predicted molar refractivity (Wildman–Crippen MR) is 96.3 cm³/mol. The fourth-order valence-electron chi connectivity index (χ4n) is 2.59. The first kappa shape index (κ1) is 18.2. The summed E-state index contributed by atoms with van der Waals surface area (Å²) in [5, 5.41) is 8.69. The second-order valence-corrected chi connectivity index (χ2v) is 8.78. The highest BCUT2D eigenvalue weighted by molar-refractivity contribution is 7.88. The van der Waals surface area contributed by atoms with Crippen molar-refractivity contribution in [3.8, 4) is 0 Å². The summed E-state index contributed by atoms with van der Waals surface area (Å²) in [6, 6.07) is 4.12. The van der Waals surface area contributed by atoms with Gasteiger partial charge in [0, 0.05) is 31.1 Å². The second-order valence-electron chi connectivity index (χ2n) is 5.76. The molecule has 0 atom stereocenters. The molecule has 0 bridgehead atoms. The van der Waals surface area contributed by atoms with Crippen LogP contribution < -0.4 is 10.6 Å². The number of hydrogen-bond donors (Lipinski definition) is 2. The molecule has 0 spiro atoms. The molecule has 0 aromatic carbocycles. The van der Waals surface area contributed by atoms with Crippen molar-refractivity contribution in [2.24, 2.45) is 10.9 Å². The van der Waals surface area contributed by atoms with Crippen LogP contribution in [0.1, 0.15) is 24.6 Å². The Labute approximate surface area is 143 Å². The van der Waals surface area contributed by atoms with E-state index in [1.165, 1.54) is 11.1 Å². The van der Waals surface area contributed by atoms with Crippen LogP contribution in [-0.4, -0.2) is 51.1 Å². The zero-order valence-electron chi connectivity index (χ0n) is 13.8. The molecule has 1 saturated heterocycles. The van der Waals surface area contributed by atoms with E-state index in [0.29, 0.717) is 25.6 Å². The number of rotatable bonds is 6. The van der Waals surface area contributed by atoms with Crippen molar-refractivity contribution in [1.29, 1.82) is 0 Å². The number of piperidine rings is 1. The van der Waals surface area contributed by atoms with Crippen molar-refractivity contribution >= 4 is 27.3 Å². The molecule has 0 saturated carbocycles. The molecule has 23 heavy (non-hydrogen) atoms. The molecule has 130 valence electrons. The summed E-state index contributed by atoms with van der Waals surface area (Å²) >= 11 is 1.71. The summed E-state index contributed by atoms with van der Waals surface area (Å²) in [6.45, 7) is 5.62. The fourth-order valence-corrected chi connectivity index (χ4v) is 4.09. The van der Waals surface area contributed by atoms with Gasteiger partial charge in [-0.05, 0) is 37.1 Å². The van der Waals surface area contributed by atoms with Crippen LogP contribution in [0.2, 0.25) is 0 Å². The zero-order chi connectivity index (χ0) is 16.7. The molecule has 1 fully saturated rings. The third kappa shape index (κ3) is 6.12. The van der Waals surface area contributed by atoms with Crippen molar-refractivity contribution in [2.75, 3.05) is 32.4 Å². The van der Waals surface area contributed by atoms with E-state index in [2.05, 4.69) is 27.1 Å². The Morgan fingerprint density at radius 3 is 2.70 bits per heavy atom. The number of nitrogens with zero attached hydrogens (tertiary/aromatic N) is 2. The normalized spacial score (nSPS) is 18.1. The summed E-state index contributed by atoms with van der Waals surface area (Å²) in [5.74, 6) is 1.31. The smallest absolute Gasteiger partial charge is 0.211 e. The standard InChI is InChI=1S/C15H26N4O2S2/c1-3-16-15(18-12-14-5-4-10-22-14)17-11-13-6-8-19(9-7-13)23(2,20)21/h4-5,10,13H,3,6-9,11-12H2,1-2H3,(H2,16,17,18). The van der Waals surface area contributed by atoms with Crippen LogP contribution in [0.3, 0.4) is 0 Å². The number of hydrogen-bond acceptors (Lipinski definition) is 4. The average Bonchev–Trinajstić information content (AvgIpc) is 3.03. The number of guanidine groups is 1. The zero-order valence-corrected chi connectivity index (χ0v) is 15.4. The molecule has 0 aliphatic carbocycles. The molecule has 2 N–H and O–H groups in total. The lowest BCUT2D eigenvalue weighted by molar-refractivity contribution is 0.275. The SMILES string of the molecule is CCNC(=NCc1cccs1)NCC1CCN(S(C)(=O)=O)CC1. The predicted octanol–water partition coefficient (Wildman–Crippen LogP) is 1.47. The molecule has 1 aliphatic heterocycles.